The summed E-state index contributed by atoms with van der Waals surface area (Å²) in [6, 6.07) is 10.0. The lowest BCUT2D eigenvalue weighted by Gasteiger charge is -2.39. The molecule has 0 bridgehead atoms. The van der Waals surface area contributed by atoms with Gasteiger partial charge < -0.3 is 19.9 Å². The van der Waals surface area contributed by atoms with Crippen LogP contribution in [0.5, 0.6) is 5.75 Å². The van der Waals surface area contributed by atoms with Crippen molar-refractivity contribution in [1.29, 1.82) is 5.26 Å². The zero-order valence-electron chi connectivity index (χ0n) is 14.2. The molecule has 1 saturated carbocycles. The van der Waals surface area contributed by atoms with Gasteiger partial charge in [0, 0.05) is 12.1 Å². The van der Waals surface area contributed by atoms with Gasteiger partial charge in [0.25, 0.3) is 0 Å². The van der Waals surface area contributed by atoms with Gasteiger partial charge >= 0.3 is 6.03 Å². The fourth-order valence-electron chi connectivity index (χ4n) is 3.30. The van der Waals surface area contributed by atoms with Crippen LogP contribution in [0.3, 0.4) is 0 Å². The van der Waals surface area contributed by atoms with Gasteiger partial charge in [-0.1, -0.05) is 0 Å². The van der Waals surface area contributed by atoms with Crippen LogP contribution in [0.1, 0.15) is 24.8 Å². The molecule has 1 aliphatic heterocycles. The Morgan fingerprint density at radius 1 is 1.29 bits per heavy atom. The highest BCUT2D eigenvalue weighted by Crippen LogP contribution is 2.23. The van der Waals surface area contributed by atoms with Crippen LogP contribution in [-0.4, -0.2) is 61.2 Å². The van der Waals surface area contributed by atoms with Gasteiger partial charge in [-0.2, -0.15) is 5.26 Å². The number of urea groups is 1. The van der Waals surface area contributed by atoms with E-state index in [2.05, 4.69) is 30.4 Å². The molecule has 0 unspecified atom stereocenters. The fraction of sp³-hybridized carbons (Fsp3) is 0.556. The van der Waals surface area contributed by atoms with Crippen molar-refractivity contribution in [3.8, 4) is 11.8 Å². The third kappa shape index (κ3) is 3.80. The normalized spacial score (nSPS) is 23.7. The summed E-state index contributed by atoms with van der Waals surface area (Å²) in [6.45, 7) is 1.21. The second kappa shape index (κ2) is 7.10. The Balaban J connectivity index is 1.40. The number of nitrogens with one attached hydrogen (secondary N) is 1. The van der Waals surface area contributed by atoms with Crippen molar-refractivity contribution in [2.24, 2.45) is 0 Å². The summed E-state index contributed by atoms with van der Waals surface area (Å²) in [5, 5.41) is 11.9. The number of benzene rings is 1. The fourth-order valence-corrected chi connectivity index (χ4v) is 3.30. The van der Waals surface area contributed by atoms with Crippen molar-refractivity contribution in [2.45, 2.75) is 37.5 Å². The summed E-state index contributed by atoms with van der Waals surface area (Å²) < 4.78 is 5.81. The summed E-state index contributed by atoms with van der Waals surface area (Å²) in [5.41, 5.74) is 0.615. The molecule has 3 rings (SSSR count). The number of amides is 2. The molecular formula is C18H24N4O2. The van der Waals surface area contributed by atoms with Crippen LogP contribution < -0.4 is 10.1 Å². The first-order valence-electron chi connectivity index (χ1n) is 8.44. The zero-order valence-corrected chi connectivity index (χ0v) is 14.2. The van der Waals surface area contributed by atoms with Crippen LogP contribution >= 0.6 is 0 Å². The first-order valence-corrected chi connectivity index (χ1v) is 8.44. The Bertz CT molecular complexity index is 617. The van der Waals surface area contributed by atoms with Crippen molar-refractivity contribution in [1.82, 2.24) is 15.1 Å². The second-order valence-electron chi connectivity index (χ2n) is 6.86. The van der Waals surface area contributed by atoms with Gasteiger partial charge in [0.15, 0.2) is 0 Å². The minimum atomic E-state index is 0.0130. The molecule has 1 aromatic rings. The predicted molar refractivity (Wildman–Crippen MR) is 90.8 cm³/mol. The van der Waals surface area contributed by atoms with Crippen molar-refractivity contribution in [3.05, 3.63) is 29.8 Å². The lowest BCUT2D eigenvalue weighted by Crippen LogP contribution is -2.59. The molecule has 1 aromatic carbocycles. The number of hydrogen-bond donors (Lipinski definition) is 1. The minimum absolute atomic E-state index is 0.0130. The molecule has 0 aromatic heterocycles. The summed E-state index contributed by atoms with van der Waals surface area (Å²) in [6.07, 6.45) is 3.25. The summed E-state index contributed by atoms with van der Waals surface area (Å²) >= 11 is 0. The number of hydrogen-bond acceptors (Lipinski definition) is 4. The predicted octanol–water partition coefficient (Wildman–Crippen LogP) is 1.81. The van der Waals surface area contributed by atoms with E-state index in [9.17, 15) is 4.79 Å². The smallest absolute Gasteiger partial charge is 0.317 e. The molecular weight excluding hydrogens is 304 g/mol. The monoisotopic (exact) mass is 328 g/mol. The lowest BCUT2D eigenvalue weighted by atomic mass is 10.1. The molecule has 6 nitrogen and oxygen atoms in total. The molecule has 1 N–H and O–H groups in total. The van der Waals surface area contributed by atoms with Crippen LogP contribution in [0.25, 0.3) is 0 Å². The highest BCUT2D eigenvalue weighted by atomic mass is 16.5. The maximum Gasteiger partial charge on any atom is 0.317 e. The molecule has 1 heterocycles. The molecule has 128 valence electrons. The average molecular weight is 328 g/mol. The van der Waals surface area contributed by atoms with Crippen LogP contribution in [0, 0.1) is 11.3 Å². The van der Waals surface area contributed by atoms with E-state index < -0.39 is 0 Å². The minimum Gasteiger partial charge on any atom is -0.487 e. The number of nitrogens with zero attached hydrogens (tertiary/aromatic N) is 3. The van der Waals surface area contributed by atoms with Gasteiger partial charge in [0.05, 0.1) is 24.7 Å². The first kappa shape index (κ1) is 16.6. The quantitative estimate of drug-likeness (QED) is 0.915. The zero-order chi connectivity index (χ0) is 17.1. The highest BCUT2D eigenvalue weighted by molar-refractivity contribution is 5.75. The Morgan fingerprint density at radius 3 is 2.58 bits per heavy atom. The molecule has 6 heteroatoms. The summed E-state index contributed by atoms with van der Waals surface area (Å²) in [7, 11) is 4.19. The molecule has 0 spiro atoms. The standard InChI is InChI=1S/C18H24N4O2/c1-21(2)15-6-5-14(9-15)20-18(23)22-11-17(12-22)24-16-7-3-13(10-19)4-8-16/h3-4,7-8,14-15,17H,5-6,9,11-12H2,1-2H3,(H,20,23)/t14-,15+/m0/s1. The summed E-state index contributed by atoms with van der Waals surface area (Å²) in [4.78, 5) is 16.3. The number of carbonyl (C=O) groups is 1. The number of nitriles is 1. The maximum absolute atomic E-state index is 12.2. The highest BCUT2D eigenvalue weighted by Gasteiger charge is 2.34. The molecule has 0 radical (unpaired) electrons. The third-order valence-corrected chi connectivity index (χ3v) is 4.88. The van der Waals surface area contributed by atoms with E-state index >= 15 is 0 Å². The Kier molecular flexibility index (Phi) is 4.91. The van der Waals surface area contributed by atoms with Crippen LogP contribution in [-0.2, 0) is 0 Å². The van der Waals surface area contributed by atoms with Gasteiger partial charge in [0.2, 0.25) is 0 Å². The second-order valence-corrected chi connectivity index (χ2v) is 6.86. The van der Waals surface area contributed by atoms with Crippen molar-refractivity contribution >= 4 is 6.03 Å². The molecule has 2 aliphatic rings. The van der Waals surface area contributed by atoms with Crippen molar-refractivity contribution in [2.75, 3.05) is 27.2 Å². The topological polar surface area (TPSA) is 68.6 Å². The lowest BCUT2D eigenvalue weighted by molar-refractivity contribution is 0.0434. The van der Waals surface area contributed by atoms with Crippen LogP contribution in [0.2, 0.25) is 0 Å². The number of carbonyl (C=O) groups excluding carboxylic acids is 1. The molecule has 2 atom stereocenters. The summed E-state index contributed by atoms with van der Waals surface area (Å²) in [5.74, 6) is 0.740. The number of likely N-dealkylation sites (tertiary alicyclic amines) is 1. The molecule has 24 heavy (non-hydrogen) atoms. The Morgan fingerprint density at radius 2 is 2.00 bits per heavy atom. The van der Waals surface area contributed by atoms with E-state index in [4.69, 9.17) is 10.00 Å². The van der Waals surface area contributed by atoms with Gasteiger partial charge in [-0.05, 0) is 57.6 Å². The van der Waals surface area contributed by atoms with E-state index in [0.717, 1.165) is 25.0 Å². The number of ether oxygens (including phenoxy) is 1. The van der Waals surface area contributed by atoms with Gasteiger partial charge in [-0.3, -0.25) is 0 Å². The SMILES string of the molecule is CN(C)[C@@H]1CC[C@H](NC(=O)N2CC(Oc3ccc(C#N)cc3)C2)C1. The largest absolute Gasteiger partial charge is 0.487 e. The van der Waals surface area contributed by atoms with Crippen molar-refractivity contribution in [3.63, 3.8) is 0 Å². The van der Waals surface area contributed by atoms with Crippen molar-refractivity contribution < 1.29 is 9.53 Å². The third-order valence-electron chi connectivity index (χ3n) is 4.88. The molecule has 1 saturated heterocycles. The van der Waals surface area contributed by atoms with Crippen LogP contribution in [0.15, 0.2) is 24.3 Å². The number of rotatable bonds is 4. The van der Waals surface area contributed by atoms with Gasteiger partial charge in [-0.25, -0.2) is 4.79 Å². The van der Waals surface area contributed by atoms with E-state index in [1.165, 1.54) is 0 Å². The van der Waals surface area contributed by atoms with E-state index in [1.807, 2.05) is 0 Å². The van der Waals surface area contributed by atoms with Crippen LogP contribution in [0.4, 0.5) is 4.79 Å². The first-order chi connectivity index (χ1) is 11.5. The Hall–Kier alpha value is -2.26. The average Bonchev–Trinajstić information content (AvgIpc) is 2.99. The van der Waals surface area contributed by atoms with Gasteiger partial charge in [-0.15, -0.1) is 0 Å². The Labute approximate surface area is 143 Å². The van der Waals surface area contributed by atoms with E-state index in [-0.39, 0.29) is 18.2 Å². The van der Waals surface area contributed by atoms with E-state index in [0.29, 0.717) is 24.7 Å². The molecule has 1 aliphatic carbocycles. The molecule has 2 amide bonds. The molecule has 2 fully saturated rings. The van der Waals surface area contributed by atoms with E-state index in [1.54, 1.807) is 29.2 Å². The maximum atomic E-state index is 12.2. The van der Waals surface area contributed by atoms with Gasteiger partial charge in [0.1, 0.15) is 11.9 Å².